The van der Waals surface area contributed by atoms with Gasteiger partial charge in [0.2, 0.25) is 5.95 Å². The van der Waals surface area contributed by atoms with Crippen LogP contribution in [-0.2, 0) is 9.53 Å². The van der Waals surface area contributed by atoms with Crippen molar-refractivity contribution in [1.82, 2.24) is 9.97 Å². The van der Waals surface area contributed by atoms with Gasteiger partial charge in [-0.2, -0.15) is 4.79 Å². The summed E-state index contributed by atoms with van der Waals surface area (Å²) < 4.78 is 16.3. The monoisotopic (exact) mass is 411 g/mol. The van der Waals surface area contributed by atoms with Crippen LogP contribution in [-0.4, -0.2) is 46.8 Å². The van der Waals surface area contributed by atoms with E-state index in [1.54, 1.807) is 36.7 Å². The Bertz CT molecular complexity index is 887. The van der Waals surface area contributed by atoms with Gasteiger partial charge in [-0.3, -0.25) is 0 Å². The normalized spacial score (nSPS) is 14.9. The van der Waals surface area contributed by atoms with Crippen LogP contribution in [0.3, 0.4) is 0 Å². The number of nitrogens with one attached hydrogen (secondary N) is 1. The first kappa shape index (κ1) is 21.3. The second kappa shape index (κ2) is 10.4. The van der Waals surface area contributed by atoms with Gasteiger partial charge in [0.1, 0.15) is 17.6 Å². The number of methoxy groups -OCH3 is 2. The van der Waals surface area contributed by atoms with Crippen molar-refractivity contribution in [2.75, 3.05) is 19.5 Å². The average molecular weight is 411 g/mol. The lowest BCUT2D eigenvalue weighted by Crippen LogP contribution is -2.34. The molecule has 1 aliphatic carbocycles. The molecule has 1 aliphatic rings. The molecule has 1 atom stereocenters. The molecule has 0 saturated heterocycles. The van der Waals surface area contributed by atoms with Crippen molar-refractivity contribution in [3.63, 3.8) is 0 Å². The van der Waals surface area contributed by atoms with E-state index in [0.717, 1.165) is 32.1 Å². The van der Waals surface area contributed by atoms with E-state index in [4.69, 9.17) is 14.2 Å². The summed E-state index contributed by atoms with van der Waals surface area (Å²) in [6.45, 7) is 0. The number of hydrogen-bond acceptors (Lipinski definition) is 7. The van der Waals surface area contributed by atoms with Gasteiger partial charge in [-0.1, -0.05) is 6.42 Å². The van der Waals surface area contributed by atoms with Gasteiger partial charge in [-0.15, -0.1) is 0 Å². The lowest BCUT2D eigenvalue weighted by molar-refractivity contribution is -0.147. The molecule has 1 fully saturated rings. The molecule has 1 aromatic heterocycles. The van der Waals surface area contributed by atoms with Crippen molar-refractivity contribution in [2.24, 2.45) is 0 Å². The van der Waals surface area contributed by atoms with E-state index in [0.29, 0.717) is 17.1 Å². The number of benzene rings is 1. The zero-order valence-electron chi connectivity index (χ0n) is 17.1. The summed E-state index contributed by atoms with van der Waals surface area (Å²) in [5.74, 6) is 0.599. The van der Waals surface area contributed by atoms with E-state index in [1.165, 1.54) is 14.2 Å². The highest BCUT2D eigenvalue weighted by Gasteiger charge is 2.37. The fourth-order valence-electron chi connectivity index (χ4n) is 3.42. The minimum atomic E-state index is -0.891. The molecule has 0 radical (unpaired) electrons. The second-order valence-corrected chi connectivity index (χ2v) is 6.95. The molecule has 9 heteroatoms. The third kappa shape index (κ3) is 5.33. The van der Waals surface area contributed by atoms with E-state index < -0.39 is 12.0 Å². The Kier molecular flexibility index (Phi) is 7.34. The fraction of sp³-hybridized carbons (Fsp3) is 0.429. The summed E-state index contributed by atoms with van der Waals surface area (Å²) in [4.78, 5) is 24.5. The Morgan fingerprint density at radius 1 is 1.10 bits per heavy atom. The summed E-state index contributed by atoms with van der Waals surface area (Å²) in [5.41, 5.74) is 10.1. The Hall–Kier alpha value is -3.45. The first-order chi connectivity index (χ1) is 14.6. The number of aromatic nitrogens is 2. The van der Waals surface area contributed by atoms with Gasteiger partial charge in [0.15, 0.2) is 6.04 Å². The Labute approximate surface area is 175 Å². The number of anilines is 1. The molecule has 0 spiro atoms. The maximum Gasteiger partial charge on any atom is 0.419 e. The number of carbonyl (C=O) groups excluding carboxylic acids is 1. The van der Waals surface area contributed by atoms with Crippen molar-refractivity contribution < 1.29 is 23.8 Å². The molecule has 0 aliphatic heterocycles. The van der Waals surface area contributed by atoms with Crippen LogP contribution in [0.25, 0.3) is 5.53 Å². The summed E-state index contributed by atoms with van der Waals surface area (Å²) in [5, 5.41) is 3.04. The predicted molar refractivity (Wildman–Crippen MR) is 110 cm³/mol. The highest BCUT2D eigenvalue weighted by Crippen LogP contribution is 2.29. The van der Waals surface area contributed by atoms with Crippen LogP contribution in [0.15, 0.2) is 36.7 Å². The molecule has 3 rings (SSSR count). The smallest absolute Gasteiger partial charge is 0.419 e. The number of nitrogens with zero attached hydrogens (tertiary/aromatic N) is 4. The third-order valence-corrected chi connectivity index (χ3v) is 4.96. The Balaban J connectivity index is 1.95. The molecule has 1 unspecified atom stereocenters. The largest absolute Gasteiger partial charge is 0.497 e. The van der Waals surface area contributed by atoms with Gasteiger partial charge < -0.3 is 25.1 Å². The molecule has 30 heavy (non-hydrogen) atoms. The molecule has 1 aromatic carbocycles. The standard InChI is InChI=1S/C21H25N5O4/c1-28-16-11-14(12-17(13-16)29-2)18(25-21-23-9-6-10-24-21)19(26-22)20(27)30-15-7-4-3-5-8-15/h6,9-13,15,18H,3-5,7-8H2,1-2H3,(H,23,24,25). The third-order valence-electron chi connectivity index (χ3n) is 4.96. The lowest BCUT2D eigenvalue weighted by Gasteiger charge is -2.22. The van der Waals surface area contributed by atoms with Crippen LogP contribution in [0.4, 0.5) is 5.95 Å². The maximum atomic E-state index is 12.9. The van der Waals surface area contributed by atoms with Gasteiger partial charge in [-0.25, -0.2) is 14.8 Å². The van der Waals surface area contributed by atoms with Crippen molar-refractivity contribution in [1.29, 1.82) is 0 Å². The van der Waals surface area contributed by atoms with Gasteiger partial charge >= 0.3 is 11.7 Å². The van der Waals surface area contributed by atoms with Crippen LogP contribution in [0.2, 0.25) is 0 Å². The van der Waals surface area contributed by atoms with Crippen LogP contribution in [0.1, 0.15) is 43.7 Å². The van der Waals surface area contributed by atoms with E-state index in [2.05, 4.69) is 20.1 Å². The first-order valence-corrected chi connectivity index (χ1v) is 9.84. The number of ether oxygens (including phenoxy) is 3. The number of carbonyl (C=O) groups is 1. The van der Waals surface area contributed by atoms with Gasteiger partial charge in [-0.05, 0) is 49.4 Å². The maximum absolute atomic E-state index is 12.9. The highest BCUT2D eigenvalue weighted by molar-refractivity contribution is 6.36. The summed E-state index contributed by atoms with van der Waals surface area (Å²) in [7, 11) is 3.05. The SMILES string of the molecule is COc1cc(OC)cc(C(Nc2ncccn2)C(=[N+]=[N-])C(=O)OC2CCCCC2)c1. The molecular weight excluding hydrogens is 386 g/mol. The zero-order chi connectivity index (χ0) is 21.3. The summed E-state index contributed by atoms with van der Waals surface area (Å²) >= 11 is 0. The van der Waals surface area contributed by atoms with E-state index >= 15 is 0 Å². The Morgan fingerprint density at radius 3 is 2.30 bits per heavy atom. The molecule has 2 aromatic rings. The molecule has 158 valence electrons. The topological polar surface area (TPSA) is 119 Å². The van der Waals surface area contributed by atoms with Crippen LogP contribution >= 0.6 is 0 Å². The molecular formula is C21H25N5O4. The molecule has 1 saturated carbocycles. The van der Waals surface area contributed by atoms with Gasteiger partial charge in [0.05, 0.1) is 14.2 Å². The highest BCUT2D eigenvalue weighted by atomic mass is 16.5. The van der Waals surface area contributed by atoms with Gasteiger partial charge in [0, 0.05) is 18.5 Å². The molecule has 9 nitrogen and oxygen atoms in total. The average Bonchev–Trinajstić information content (AvgIpc) is 2.79. The van der Waals surface area contributed by atoms with Gasteiger partial charge in [0.25, 0.3) is 0 Å². The lowest BCUT2D eigenvalue weighted by atomic mass is 9.97. The molecule has 1 N–H and O–H groups in total. The second-order valence-electron chi connectivity index (χ2n) is 6.95. The zero-order valence-corrected chi connectivity index (χ0v) is 17.1. The number of esters is 1. The quantitative estimate of drug-likeness (QED) is 0.307. The number of hydrogen-bond donors (Lipinski definition) is 1. The predicted octanol–water partition coefficient (Wildman–Crippen LogP) is 3.19. The first-order valence-electron chi connectivity index (χ1n) is 9.84. The van der Waals surface area contributed by atoms with Crippen LogP contribution < -0.4 is 14.8 Å². The van der Waals surface area contributed by atoms with Crippen molar-refractivity contribution in [3.8, 4) is 11.5 Å². The van der Waals surface area contributed by atoms with Crippen LogP contribution in [0, 0.1) is 0 Å². The minimum absolute atomic E-state index is 0.184. The van der Waals surface area contributed by atoms with E-state index in [9.17, 15) is 10.3 Å². The van der Waals surface area contributed by atoms with Crippen LogP contribution in [0.5, 0.6) is 11.5 Å². The summed E-state index contributed by atoms with van der Waals surface area (Å²) in [6, 6.07) is 5.91. The Morgan fingerprint density at radius 2 is 1.73 bits per heavy atom. The number of rotatable bonds is 8. The molecule has 1 heterocycles. The molecule has 0 amide bonds. The van der Waals surface area contributed by atoms with E-state index in [-0.39, 0.29) is 17.8 Å². The minimum Gasteiger partial charge on any atom is -0.497 e. The fourth-order valence-corrected chi connectivity index (χ4v) is 3.42. The van der Waals surface area contributed by atoms with Crippen molar-refractivity contribution in [3.05, 3.63) is 47.8 Å². The summed E-state index contributed by atoms with van der Waals surface area (Å²) in [6.07, 6.45) is 7.70. The van der Waals surface area contributed by atoms with Crippen molar-refractivity contribution >= 4 is 17.6 Å². The molecule has 0 bridgehead atoms. The van der Waals surface area contributed by atoms with Crippen molar-refractivity contribution in [2.45, 2.75) is 44.2 Å². The van der Waals surface area contributed by atoms with E-state index in [1.807, 2.05) is 0 Å².